The van der Waals surface area contributed by atoms with Gasteiger partial charge in [0.1, 0.15) is 0 Å². The van der Waals surface area contributed by atoms with Crippen LogP contribution in [0, 0.1) is 29.2 Å². The number of fused-ring (bicyclic) bond motifs is 9. The standard InChI is InChI=1S/C51H28N6/c1-54-51-42(31-53)34(25-26-47(51)56-44-20-10-5-15-35(44)36-16-6-11-21-45(36)56)39-24-23-32(30-52)27-48(39)57-46-22-12-8-18-38(46)41-28-49-40(29-50(41)57)37-17-7-9-19-43(37)55(49)33-13-3-2-4-14-33/h2-29H. The van der Waals surface area contributed by atoms with Gasteiger partial charge in [-0.05, 0) is 72.3 Å². The van der Waals surface area contributed by atoms with E-state index in [0.717, 1.165) is 82.4 Å². The van der Waals surface area contributed by atoms with Gasteiger partial charge in [0.25, 0.3) is 0 Å². The maximum Gasteiger partial charge on any atom is 0.228 e. The van der Waals surface area contributed by atoms with Crippen LogP contribution in [0.25, 0.3) is 98.5 Å². The van der Waals surface area contributed by atoms with Crippen LogP contribution in [0.3, 0.4) is 0 Å². The highest BCUT2D eigenvalue weighted by Gasteiger charge is 2.24. The van der Waals surface area contributed by atoms with E-state index in [-0.39, 0.29) is 11.3 Å². The van der Waals surface area contributed by atoms with Gasteiger partial charge in [-0.25, -0.2) is 4.85 Å². The van der Waals surface area contributed by atoms with Gasteiger partial charge in [-0.2, -0.15) is 10.5 Å². The Labute approximate surface area is 326 Å². The summed E-state index contributed by atoms with van der Waals surface area (Å²) in [5.41, 5.74) is 11.0. The van der Waals surface area contributed by atoms with Crippen LogP contribution < -0.4 is 0 Å². The number of hydrogen-bond donors (Lipinski definition) is 0. The van der Waals surface area contributed by atoms with E-state index >= 15 is 0 Å². The van der Waals surface area contributed by atoms with E-state index in [1.54, 1.807) is 6.07 Å². The maximum absolute atomic E-state index is 11.0. The third kappa shape index (κ3) is 4.55. The highest BCUT2D eigenvalue weighted by molar-refractivity contribution is 6.19. The number of para-hydroxylation sites is 5. The number of aromatic nitrogens is 3. The van der Waals surface area contributed by atoms with Crippen molar-refractivity contribution < 1.29 is 0 Å². The lowest BCUT2D eigenvalue weighted by atomic mass is 9.95. The van der Waals surface area contributed by atoms with Gasteiger partial charge in [0.05, 0.1) is 74.3 Å². The molecule has 0 saturated carbocycles. The third-order valence-corrected chi connectivity index (χ3v) is 11.3. The zero-order valence-electron chi connectivity index (χ0n) is 30.3. The Morgan fingerprint density at radius 3 is 1.42 bits per heavy atom. The molecule has 0 N–H and O–H groups in total. The summed E-state index contributed by atoms with van der Waals surface area (Å²) in [6, 6.07) is 62.4. The first-order chi connectivity index (χ1) is 28.2. The van der Waals surface area contributed by atoms with Gasteiger partial charge in [0.2, 0.25) is 5.69 Å². The Hall–Kier alpha value is -8.37. The van der Waals surface area contributed by atoms with Crippen LogP contribution in [0.15, 0.2) is 170 Å². The molecule has 0 fully saturated rings. The fourth-order valence-corrected chi connectivity index (χ4v) is 8.95. The van der Waals surface area contributed by atoms with Crippen molar-refractivity contribution in [2.24, 2.45) is 0 Å². The van der Waals surface area contributed by atoms with Crippen molar-refractivity contribution in [2.75, 3.05) is 0 Å². The second-order valence-corrected chi connectivity index (χ2v) is 14.2. The molecule has 0 amide bonds. The van der Waals surface area contributed by atoms with Crippen molar-refractivity contribution in [3.05, 3.63) is 192 Å². The predicted molar refractivity (Wildman–Crippen MR) is 231 cm³/mol. The van der Waals surface area contributed by atoms with Gasteiger partial charge in [0, 0.05) is 43.6 Å². The monoisotopic (exact) mass is 724 g/mol. The fraction of sp³-hybridized carbons (Fsp3) is 0. The summed E-state index contributed by atoms with van der Waals surface area (Å²) in [7, 11) is 0. The van der Waals surface area contributed by atoms with Gasteiger partial charge >= 0.3 is 0 Å². The largest absolute Gasteiger partial charge is 0.319 e. The second kappa shape index (κ2) is 12.3. The van der Waals surface area contributed by atoms with E-state index in [4.69, 9.17) is 6.57 Å². The van der Waals surface area contributed by atoms with E-state index in [1.807, 2.05) is 60.7 Å². The molecule has 11 rings (SSSR count). The average molecular weight is 725 g/mol. The molecule has 0 aliphatic carbocycles. The minimum Gasteiger partial charge on any atom is -0.319 e. The normalized spacial score (nSPS) is 11.5. The van der Waals surface area contributed by atoms with Crippen LogP contribution in [0.1, 0.15) is 11.1 Å². The number of nitrogens with zero attached hydrogens (tertiary/aromatic N) is 6. The summed E-state index contributed by atoms with van der Waals surface area (Å²) in [5, 5.41) is 27.7. The zero-order valence-corrected chi connectivity index (χ0v) is 30.3. The number of benzene rings is 8. The molecule has 0 bridgehead atoms. The highest BCUT2D eigenvalue weighted by Crippen LogP contribution is 2.45. The quantitative estimate of drug-likeness (QED) is 0.170. The molecule has 0 spiro atoms. The molecular weight excluding hydrogens is 697 g/mol. The molecule has 3 aromatic heterocycles. The molecule has 3 heterocycles. The van der Waals surface area contributed by atoms with Crippen molar-refractivity contribution in [1.29, 1.82) is 10.5 Å². The van der Waals surface area contributed by atoms with Crippen LogP contribution in [0.4, 0.5) is 5.69 Å². The van der Waals surface area contributed by atoms with Crippen molar-refractivity contribution in [3.8, 4) is 40.3 Å². The average Bonchev–Trinajstić information content (AvgIpc) is 3.90. The maximum atomic E-state index is 11.0. The third-order valence-electron chi connectivity index (χ3n) is 11.3. The summed E-state index contributed by atoms with van der Waals surface area (Å²) in [6.07, 6.45) is 0. The summed E-state index contributed by atoms with van der Waals surface area (Å²) in [5.74, 6) is 0. The number of rotatable bonds is 4. The van der Waals surface area contributed by atoms with Crippen LogP contribution in [0.5, 0.6) is 0 Å². The molecule has 6 heteroatoms. The van der Waals surface area contributed by atoms with Crippen LogP contribution >= 0.6 is 0 Å². The highest BCUT2D eigenvalue weighted by atomic mass is 15.0. The van der Waals surface area contributed by atoms with E-state index in [9.17, 15) is 10.5 Å². The second-order valence-electron chi connectivity index (χ2n) is 14.2. The Bertz CT molecular complexity index is 3560. The molecule has 0 aliphatic rings. The lowest BCUT2D eigenvalue weighted by molar-refractivity contribution is 1.17. The molecule has 0 atom stereocenters. The van der Waals surface area contributed by atoms with E-state index in [0.29, 0.717) is 16.8 Å². The minimum absolute atomic E-state index is 0.273. The fourth-order valence-electron chi connectivity index (χ4n) is 8.95. The lowest BCUT2D eigenvalue weighted by Gasteiger charge is -2.18. The molecule has 57 heavy (non-hydrogen) atoms. The van der Waals surface area contributed by atoms with E-state index < -0.39 is 0 Å². The first-order valence-electron chi connectivity index (χ1n) is 18.7. The first-order valence-corrected chi connectivity index (χ1v) is 18.7. The Morgan fingerprint density at radius 1 is 0.404 bits per heavy atom. The summed E-state index contributed by atoms with van der Waals surface area (Å²) >= 11 is 0. The van der Waals surface area contributed by atoms with E-state index in [1.165, 1.54) is 0 Å². The summed E-state index contributed by atoms with van der Waals surface area (Å²) in [6.45, 7) is 8.50. The molecule has 0 saturated heterocycles. The minimum atomic E-state index is 0.273. The Kier molecular flexibility index (Phi) is 6.95. The number of nitriles is 2. The molecule has 0 unspecified atom stereocenters. The van der Waals surface area contributed by atoms with Crippen molar-refractivity contribution in [1.82, 2.24) is 13.7 Å². The summed E-state index contributed by atoms with van der Waals surface area (Å²) < 4.78 is 6.63. The smallest absolute Gasteiger partial charge is 0.228 e. The van der Waals surface area contributed by atoms with Crippen LogP contribution in [-0.4, -0.2) is 13.7 Å². The first kappa shape index (κ1) is 32.1. The lowest BCUT2D eigenvalue weighted by Crippen LogP contribution is -2.01. The molecule has 0 radical (unpaired) electrons. The molecule has 262 valence electrons. The topological polar surface area (TPSA) is 66.7 Å². The Morgan fingerprint density at radius 2 is 0.877 bits per heavy atom. The van der Waals surface area contributed by atoms with Gasteiger partial charge in [-0.3, -0.25) is 0 Å². The molecular formula is C51H28N6. The van der Waals surface area contributed by atoms with Gasteiger partial charge in [0.15, 0.2) is 0 Å². The zero-order chi connectivity index (χ0) is 38.2. The van der Waals surface area contributed by atoms with Gasteiger partial charge in [-0.1, -0.05) is 103 Å². The SMILES string of the molecule is [C-]#[N+]c1c(-n2c3ccccc3c3ccccc32)ccc(-c2ccc(C#N)cc2-n2c3ccccc3c3cc4c(cc32)c2ccccc2n4-c2ccccc2)c1C#N. The predicted octanol–water partition coefficient (Wildman–Crippen LogP) is 12.9. The van der Waals surface area contributed by atoms with Crippen molar-refractivity contribution in [3.63, 3.8) is 0 Å². The van der Waals surface area contributed by atoms with Crippen molar-refractivity contribution >= 4 is 71.1 Å². The molecule has 8 aromatic carbocycles. The molecule has 6 nitrogen and oxygen atoms in total. The van der Waals surface area contributed by atoms with E-state index in [2.05, 4.69) is 134 Å². The molecule has 11 aromatic rings. The summed E-state index contributed by atoms with van der Waals surface area (Å²) in [4.78, 5) is 4.06. The molecule has 0 aliphatic heterocycles. The van der Waals surface area contributed by atoms with Gasteiger partial charge < -0.3 is 13.7 Å². The van der Waals surface area contributed by atoms with Crippen LogP contribution in [0.2, 0.25) is 0 Å². The van der Waals surface area contributed by atoms with Gasteiger partial charge in [-0.15, -0.1) is 0 Å². The van der Waals surface area contributed by atoms with Crippen molar-refractivity contribution in [2.45, 2.75) is 0 Å². The Balaban J connectivity index is 1.22. The van der Waals surface area contributed by atoms with Crippen LogP contribution in [-0.2, 0) is 0 Å². The number of hydrogen-bond acceptors (Lipinski definition) is 2.